The molecule has 4 rings (SSSR count). The van der Waals surface area contributed by atoms with Gasteiger partial charge in [0, 0.05) is 29.5 Å². The quantitative estimate of drug-likeness (QED) is 0.475. The van der Waals surface area contributed by atoms with Gasteiger partial charge in [0.25, 0.3) is 0 Å². The third-order valence-corrected chi connectivity index (χ3v) is 5.38. The van der Waals surface area contributed by atoms with Crippen LogP contribution in [-0.4, -0.2) is 55.5 Å². The van der Waals surface area contributed by atoms with Crippen LogP contribution >= 0.6 is 23.2 Å². The van der Waals surface area contributed by atoms with Crippen LogP contribution in [0.1, 0.15) is 11.3 Å². The first-order chi connectivity index (χ1) is 15.5. The van der Waals surface area contributed by atoms with Crippen molar-refractivity contribution < 1.29 is 14.6 Å². The third kappa shape index (κ3) is 4.72. The Hall–Kier alpha value is -3.08. The molecular weight excluding hydrogens is 457 g/mol. The van der Waals surface area contributed by atoms with Crippen molar-refractivity contribution in [2.45, 2.75) is 19.6 Å². The van der Waals surface area contributed by atoms with Gasteiger partial charge in [0.2, 0.25) is 5.95 Å². The van der Waals surface area contributed by atoms with Crippen molar-refractivity contribution in [3.63, 3.8) is 0 Å². The highest BCUT2D eigenvalue weighted by atomic mass is 35.5. The van der Waals surface area contributed by atoms with E-state index in [0.29, 0.717) is 45.9 Å². The molecule has 0 saturated carbocycles. The van der Waals surface area contributed by atoms with E-state index in [0.717, 1.165) is 5.56 Å². The number of hydrogen-bond donors (Lipinski definition) is 3. The van der Waals surface area contributed by atoms with Gasteiger partial charge < -0.3 is 25.8 Å². The third-order valence-electron chi connectivity index (χ3n) is 4.87. The number of halogens is 2. The van der Waals surface area contributed by atoms with Crippen molar-refractivity contribution in [2.75, 3.05) is 25.5 Å². The van der Waals surface area contributed by atoms with Gasteiger partial charge in [-0.15, -0.1) is 0 Å². The second-order valence-corrected chi connectivity index (χ2v) is 7.89. The van der Waals surface area contributed by atoms with Crippen LogP contribution in [0, 0.1) is 0 Å². The molecule has 1 aliphatic rings. The molecule has 32 heavy (non-hydrogen) atoms. The first-order valence-corrected chi connectivity index (χ1v) is 10.6. The Balaban J connectivity index is 1.66. The number of urea groups is 1. The Kier molecular flexibility index (Phi) is 6.63. The van der Waals surface area contributed by atoms with Gasteiger partial charge in [-0.3, -0.25) is 4.68 Å². The molecule has 1 aliphatic heterocycles. The summed E-state index contributed by atoms with van der Waals surface area (Å²) in [6.45, 7) is 1.37. The molecule has 4 N–H and O–H groups in total. The molecule has 0 atom stereocenters. The molecule has 12 heteroatoms. The summed E-state index contributed by atoms with van der Waals surface area (Å²) >= 11 is 12.8. The van der Waals surface area contributed by atoms with Crippen molar-refractivity contribution in [3.8, 4) is 17.0 Å². The van der Waals surface area contributed by atoms with Crippen molar-refractivity contribution in [1.29, 1.82) is 0 Å². The number of carbonyl (C=O) groups is 1. The summed E-state index contributed by atoms with van der Waals surface area (Å²) < 4.78 is 7.75. The number of rotatable bonds is 7. The number of benzene rings is 1. The summed E-state index contributed by atoms with van der Waals surface area (Å²) in [5.74, 6) is 0.503. The molecule has 0 aliphatic carbocycles. The topological polar surface area (TPSA) is 131 Å². The number of fused-ring (bicyclic) bond motifs is 1. The highest BCUT2D eigenvalue weighted by molar-refractivity contribution is 6.37. The maximum Gasteiger partial charge on any atom is 0.318 e. The second-order valence-electron chi connectivity index (χ2n) is 7.05. The van der Waals surface area contributed by atoms with Crippen molar-refractivity contribution in [3.05, 3.63) is 51.9 Å². The van der Waals surface area contributed by atoms with Gasteiger partial charge >= 0.3 is 6.03 Å². The first-order valence-electron chi connectivity index (χ1n) is 9.84. The molecule has 3 heterocycles. The van der Waals surface area contributed by atoms with Crippen LogP contribution in [0.15, 0.2) is 30.6 Å². The van der Waals surface area contributed by atoms with Crippen LogP contribution in [0.25, 0.3) is 11.3 Å². The zero-order valence-electron chi connectivity index (χ0n) is 17.0. The second kappa shape index (κ2) is 9.60. The van der Waals surface area contributed by atoms with E-state index in [-0.39, 0.29) is 38.2 Å². The lowest BCUT2D eigenvalue weighted by molar-refractivity contribution is 0.194. The lowest BCUT2D eigenvalue weighted by Crippen LogP contribution is -2.37. The summed E-state index contributed by atoms with van der Waals surface area (Å²) in [6.07, 6.45) is 3.53. The Bertz CT molecular complexity index is 1120. The number of anilines is 1. The van der Waals surface area contributed by atoms with E-state index in [1.54, 1.807) is 27.9 Å². The maximum atomic E-state index is 12.4. The standard InChI is InChI=1S/C20H21Cl2N7O3/c21-12-8-14(22)17(16(9-12)32-7-5-29-4-1-2-25-29)18-13-10-28(20(31)24-3-6-30)11-15(13)26-19(23)27-18/h1-2,4,8-9,30H,3,5-7,10-11H2,(H,24,31)(H2,23,26,27). The van der Waals surface area contributed by atoms with Crippen LogP contribution in [0.2, 0.25) is 10.0 Å². The van der Waals surface area contributed by atoms with Crippen LogP contribution in [0.4, 0.5) is 10.7 Å². The predicted molar refractivity (Wildman–Crippen MR) is 119 cm³/mol. The molecule has 0 saturated heterocycles. The lowest BCUT2D eigenvalue weighted by Gasteiger charge is -2.17. The number of nitrogens with two attached hydrogens (primary N) is 1. The molecule has 3 aromatic rings. The number of carbonyl (C=O) groups excluding carboxylic acids is 1. The number of nitrogen functional groups attached to an aromatic ring is 1. The molecular formula is C20H21Cl2N7O3. The van der Waals surface area contributed by atoms with Gasteiger partial charge in [0.15, 0.2) is 0 Å². The Morgan fingerprint density at radius 3 is 2.88 bits per heavy atom. The van der Waals surface area contributed by atoms with E-state index < -0.39 is 0 Å². The van der Waals surface area contributed by atoms with Gasteiger partial charge in [-0.25, -0.2) is 14.8 Å². The van der Waals surface area contributed by atoms with E-state index in [2.05, 4.69) is 20.4 Å². The SMILES string of the molecule is Nc1nc2c(c(-c3c(Cl)cc(Cl)cc3OCCn3cccn3)n1)CN(C(=O)NCCO)C2. The largest absolute Gasteiger partial charge is 0.491 e. The number of nitrogens with zero attached hydrogens (tertiary/aromatic N) is 5. The Morgan fingerprint density at radius 2 is 2.12 bits per heavy atom. The lowest BCUT2D eigenvalue weighted by atomic mass is 10.0. The Morgan fingerprint density at radius 1 is 1.28 bits per heavy atom. The minimum atomic E-state index is -0.320. The molecule has 0 bridgehead atoms. The highest BCUT2D eigenvalue weighted by Crippen LogP contribution is 2.42. The molecule has 2 amide bonds. The van der Waals surface area contributed by atoms with Crippen LogP contribution in [0.5, 0.6) is 5.75 Å². The predicted octanol–water partition coefficient (Wildman–Crippen LogP) is 2.33. The summed E-state index contributed by atoms with van der Waals surface area (Å²) in [7, 11) is 0. The van der Waals surface area contributed by atoms with Gasteiger partial charge in [-0.1, -0.05) is 23.2 Å². The molecule has 0 spiro atoms. The molecule has 168 valence electrons. The first kappa shape index (κ1) is 22.1. The van der Waals surface area contributed by atoms with Crippen molar-refractivity contribution >= 4 is 35.2 Å². The monoisotopic (exact) mass is 477 g/mol. The van der Waals surface area contributed by atoms with Gasteiger partial charge in [-0.05, 0) is 18.2 Å². The number of aliphatic hydroxyl groups is 1. The number of nitrogens with one attached hydrogen (secondary N) is 1. The fourth-order valence-corrected chi connectivity index (χ4v) is 4.04. The van der Waals surface area contributed by atoms with Gasteiger partial charge in [0.05, 0.1) is 48.2 Å². The smallest absolute Gasteiger partial charge is 0.318 e. The maximum absolute atomic E-state index is 12.4. The average molecular weight is 478 g/mol. The molecule has 2 aromatic heterocycles. The minimum absolute atomic E-state index is 0.0601. The Labute approximate surface area is 193 Å². The van der Waals surface area contributed by atoms with Gasteiger partial charge in [0.1, 0.15) is 12.4 Å². The fourth-order valence-electron chi connectivity index (χ4n) is 3.47. The van der Waals surface area contributed by atoms with E-state index >= 15 is 0 Å². The van der Waals surface area contributed by atoms with E-state index in [1.807, 2.05) is 12.3 Å². The number of ether oxygens (including phenoxy) is 1. The average Bonchev–Trinajstić information content (AvgIpc) is 3.41. The number of aliphatic hydroxyl groups excluding tert-OH is 1. The highest BCUT2D eigenvalue weighted by Gasteiger charge is 2.30. The van der Waals surface area contributed by atoms with E-state index in [4.69, 9.17) is 38.8 Å². The summed E-state index contributed by atoms with van der Waals surface area (Å²) in [5.41, 5.74) is 8.33. The molecule has 1 aromatic carbocycles. The van der Waals surface area contributed by atoms with Crippen LogP contribution in [-0.2, 0) is 19.6 Å². The normalized spacial score (nSPS) is 12.7. The zero-order valence-corrected chi connectivity index (χ0v) is 18.5. The number of amides is 2. The summed E-state index contributed by atoms with van der Waals surface area (Å²) in [5, 5.41) is 16.5. The number of aromatic nitrogens is 4. The van der Waals surface area contributed by atoms with Gasteiger partial charge in [-0.2, -0.15) is 5.10 Å². The molecule has 0 fully saturated rings. The molecule has 0 radical (unpaired) electrons. The summed E-state index contributed by atoms with van der Waals surface area (Å²) in [4.78, 5) is 22.7. The fraction of sp³-hybridized carbons (Fsp3) is 0.300. The van der Waals surface area contributed by atoms with Crippen molar-refractivity contribution in [1.82, 2.24) is 30.0 Å². The van der Waals surface area contributed by atoms with Crippen LogP contribution < -0.4 is 15.8 Å². The van der Waals surface area contributed by atoms with Crippen molar-refractivity contribution in [2.24, 2.45) is 0 Å². The van der Waals surface area contributed by atoms with E-state index in [9.17, 15) is 4.79 Å². The van der Waals surface area contributed by atoms with Crippen LogP contribution in [0.3, 0.4) is 0 Å². The molecule has 10 nitrogen and oxygen atoms in total. The molecule has 0 unspecified atom stereocenters. The summed E-state index contributed by atoms with van der Waals surface area (Å²) in [6, 6.07) is 4.78. The minimum Gasteiger partial charge on any atom is -0.491 e. The zero-order chi connectivity index (χ0) is 22.7. The van der Waals surface area contributed by atoms with E-state index in [1.165, 1.54) is 0 Å². The number of hydrogen-bond acceptors (Lipinski definition) is 7.